The van der Waals surface area contributed by atoms with Gasteiger partial charge in [0.2, 0.25) is 5.91 Å². The Labute approximate surface area is 133 Å². The number of nitrogens with zero attached hydrogens (tertiary/aromatic N) is 1. The van der Waals surface area contributed by atoms with Crippen molar-refractivity contribution in [1.82, 2.24) is 10.2 Å². The van der Waals surface area contributed by atoms with Crippen LogP contribution in [0.3, 0.4) is 0 Å². The van der Waals surface area contributed by atoms with Gasteiger partial charge in [-0.15, -0.1) is 0 Å². The fraction of sp³-hybridized carbons (Fsp3) is 0.471. The first-order valence-corrected chi connectivity index (χ1v) is 8.02. The average Bonchev–Trinajstić information content (AvgIpc) is 2.81. The summed E-state index contributed by atoms with van der Waals surface area (Å²) in [4.78, 5) is 37.4. The van der Waals surface area contributed by atoms with E-state index in [4.69, 9.17) is 0 Å². The average molecular weight is 318 g/mol. The lowest BCUT2D eigenvalue weighted by atomic mass is 9.89. The third-order valence-electron chi connectivity index (χ3n) is 4.56. The molecule has 2 aliphatic rings. The lowest BCUT2D eigenvalue weighted by Crippen LogP contribution is -2.40. The van der Waals surface area contributed by atoms with Crippen molar-refractivity contribution in [2.24, 2.45) is 5.92 Å². The molecule has 1 aliphatic heterocycles. The molecule has 1 aromatic rings. The van der Waals surface area contributed by atoms with E-state index in [0.29, 0.717) is 0 Å². The monoisotopic (exact) mass is 318 g/mol. The van der Waals surface area contributed by atoms with Gasteiger partial charge < -0.3 is 5.32 Å². The molecule has 1 heterocycles. The van der Waals surface area contributed by atoms with Crippen LogP contribution in [0.1, 0.15) is 52.8 Å². The molecule has 3 amide bonds. The first-order chi connectivity index (χ1) is 11.1. The Balaban J connectivity index is 1.57. The highest BCUT2D eigenvalue weighted by molar-refractivity contribution is 6.21. The van der Waals surface area contributed by atoms with Crippen LogP contribution < -0.4 is 5.32 Å². The molecule has 5 nitrogen and oxygen atoms in total. The van der Waals surface area contributed by atoms with Crippen molar-refractivity contribution in [2.45, 2.75) is 32.1 Å². The van der Waals surface area contributed by atoms with E-state index in [-0.39, 0.29) is 36.0 Å². The second-order valence-corrected chi connectivity index (χ2v) is 6.05. The Morgan fingerprint density at radius 3 is 2.61 bits per heavy atom. The highest BCUT2D eigenvalue weighted by Crippen LogP contribution is 2.25. The summed E-state index contributed by atoms with van der Waals surface area (Å²) < 4.78 is 13.7. The third kappa shape index (κ3) is 2.98. The number of nitrogens with one attached hydrogen (secondary N) is 1. The van der Waals surface area contributed by atoms with Crippen LogP contribution in [0.4, 0.5) is 4.39 Å². The highest BCUT2D eigenvalue weighted by Gasteiger charge is 2.37. The third-order valence-corrected chi connectivity index (χ3v) is 4.56. The molecule has 0 saturated heterocycles. The molecule has 23 heavy (non-hydrogen) atoms. The van der Waals surface area contributed by atoms with Gasteiger partial charge in [0.15, 0.2) is 0 Å². The molecular formula is C17H19FN2O3. The minimum atomic E-state index is -0.686. The molecule has 1 aliphatic carbocycles. The number of hydrogen-bond acceptors (Lipinski definition) is 3. The van der Waals surface area contributed by atoms with Gasteiger partial charge in [-0.05, 0) is 25.0 Å². The van der Waals surface area contributed by atoms with E-state index in [9.17, 15) is 18.8 Å². The van der Waals surface area contributed by atoms with E-state index in [1.165, 1.54) is 24.6 Å². The zero-order chi connectivity index (χ0) is 16.4. The summed E-state index contributed by atoms with van der Waals surface area (Å²) in [6, 6.07) is 4.02. The van der Waals surface area contributed by atoms with Gasteiger partial charge in [0, 0.05) is 19.0 Å². The second-order valence-electron chi connectivity index (χ2n) is 6.05. The van der Waals surface area contributed by atoms with Crippen molar-refractivity contribution in [2.75, 3.05) is 13.1 Å². The summed E-state index contributed by atoms with van der Waals surface area (Å²) in [5.74, 6) is -1.81. The van der Waals surface area contributed by atoms with Gasteiger partial charge in [0.05, 0.1) is 11.1 Å². The number of hydrogen-bond donors (Lipinski definition) is 1. The molecule has 3 rings (SSSR count). The van der Waals surface area contributed by atoms with Crippen molar-refractivity contribution in [3.8, 4) is 0 Å². The van der Waals surface area contributed by atoms with Crippen molar-refractivity contribution >= 4 is 17.7 Å². The molecule has 0 radical (unpaired) electrons. The van der Waals surface area contributed by atoms with Crippen LogP contribution in [0, 0.1) is 11.7 Å². The quantitative estimate of drug-likeness (QED) is 0.865. The van der Waals surface area contributed by atoms with Crippen LogP contribution in [0.2, 0.25) is 0 Å². The summed E-state index contributed by atoms with van der Waals surface area (Å²) in [5, 5.41) is 2.78. The number of rotatable bonds is 4. The molecule has 1 fully saturated rings. The van der Waals surface area contributed by atoms with Crippen LogP contribution >= 0.6 is 0 Å². The lowest BCUT2D eigenvalue weighted by Gasteiger charge is -2.21. The van der Waals surface area contributed by atoms with E-state index < -0.39 is 17.6 Å². The first-order valence-electron chi connectivity index (χ1n) is 8.02. The Kier molecular flexibility index (Phi) is 4.41. The number of halogens is 1. The molecule has 0 spiro atoms. The maximum atomic E-state index is 13.7. The maximum Gasteiger partial charge on any atom is 0.264 e. The van der Waals surface area contributed by atoms with Crippen molar-refractivity contribution in [3.05, 3.63) is 35.1 Å². The molecule has 1 aromatic carbocycles. The van der Waals surface area contributed by atoms with Crippen LogP contribution in [-0.4, -0.2) is 35.7 Å². The Morgan fingerprint density at radius 2 is 1.91 bits per heavy atom. The molecular weight excluding hydrogens is 299 g/mol. The minimum absolute atomic E-state index is 0.0208. The van der Waals surface area contributed by atoms with Gasteiger partial charge in [0.25, 0.3) is 11.8 Å². The van der Waals surface area contributed by atoms with Gasteiger partial charge >= 0.3 is 0 Å². The fourth-order valence-electron chi connectivity index (χ4n) is 3.30. The van der Waals surface area contributed by atoms with Crippen molar-refractivity contribution in [3.63, 3.8) is 0 Å². The zero-order valence-electron chi connectivity index (χ0n) is 12.8. The minimum Gasteiger partial charge on any atom is -0.354 e. The first kappa shape index (κ1) is 15.6. The van der Waals surface area contributed by atoms with E-state index in [1.807, 2.05) is 0 Å². The second kappa shape index (κ2) is 6.48. The van der Waals surface area contributed by atoms with Crippen LogP contribution in [0.25, 0.3) is 0 Å². The fourth-order valence-corrected chi connectivity index (χ4v) is 3.30. The van der Waals surface area contributed by atoms with Crippen LogP contribution in [0.5, 0.6) is 0 Å². The predicted molar refractivity (Wildman–Crippen MR) is 81.4 cm³/mol. The Bertz CT molecular complexity index is 653. The van der Waals surface area contributed by atoms with Gasteiger partial charge in [0.1, 0.15) is 5.82 Å². The number of carbonyl (C=O) groups excluding carboxylic acids is 3. The number of carbonyl (C=O) groups is 3. The Morgan fingerprint density at radius 1 is 1.17 bits per heavy atom. The number of amides is 3. The molecule has 0 bridgehead atoms. The van der Waals surface area contributed by atoms with Gasteiger partial charge in [-0.25, -0.2) is 4.39 Å². The summed E-state index contributed by atoms with van der Waals surface area (Å²) in [6.45, 7) is 0.257. The largest absolute Gasteiger partial charge is 0.354 e. The molecule has 0 atom stereocenters. The van der Waals surface area contributed by atoms with Crippen LogP contribution in [-0.2, 0) is 4.79 Å². The van der Waals surface area contributed by atoms with Gasteiger partial charge in [-0.2, -0.15) is 0 Å². The zero-order valence-corrected chi connectivity index (χ0v) is 12.8. The Hall–Kier alpha value is -2.24. The van der Waals surface area contributed by atoms with Crippen molar-refractivity contribution < 1.29 is 18.8 Å². The summed E-state index contributed by atoms with van der Waals surface area (Å²) in [5.41, 5.74) is -0.0790. The molecule has 0 unspecified atom stereocenters. The lowest BCUT2D eigenvalue weighted by molar-refractivity contribution is -0.125. The van der Waals surface area contributed by atoms with E-state index in [1.54, 1.807) is 0 Å². The molecule has 0 aromatic heterocycles. The molecule has 6 heteroatoms. The molecule has 1 saturated carbocycles. The van der Waals surface area contributed by atoms with Crippen molar-refractivity contribution in [1.29, 1.82) is 0 Å². The van der Waals surface area contributed by atoms with Crippen LogP contribution in [0.15, 0.2) is 18.2 Å². The standard InChI is InChI=1S/C17H19FN2O3/c18-13-8-4-7-12-14(13)17(23)20(16(12)22)10-9-19-15(21)11-5-2-1-3-6-11/h4,7-8,11H,1-3,5-6,9-10H2,(H,19,21). The normalized spacial score (nSPS) is 18.2. The van der Waals surface area contributed by atoms with E-state index in [0.717, 1.165) is 30.6 Å². The summed E-state index contributed by atoms with van der Waals surface area (Å²) >= 11 is 0. The molecule has 1 N–H and O–H groups in total. The van der Waals surface area contributed by atoms with E-state index in [2.05, 4.69) is 5.32 Å². The highest BCUT2D eigenvalue weighted by atomic mass is 19.1. The number of benzene rings is 1. The van der Waals surface area contributed by atoms with E-state index >= 15 is 0 Å². The number of imide groups is 1. The maximum absolute atomic E-state index is 13.7. The molecule has 122 valence electrons. The van der Waals surface area contributed by atoms with Gasteiger partial charge in [-0.3, -0.25) is 19.3 Å². The smallest absolute Gasteiger partial charge is 0.264 e. The SMILES string of the molecule is O=C(NCCN1C(=O)c2cccc(F)c2C1=O)C1CCCCC1. The topological polar surface area (TPSA) is 66.5 Å². The van der Waals surface area contributed by atoms with Gasteiger partial charge in [-0.1, -0.05) is 25.3 Å². The summed E-state index contributed by atoms with van der Waals surface area (Å²) in [7, 11) is 0. The summed E-state index contributed by atoms with van der Waals surface area (Å²) in [6.07, 6.45) is 5.09. The predicted octanol–water partition coefficient (Wildman–Crippen LogP) is 2.12. The number of fused-ring (bicyclic) bond motifs is 1.